The van der Waals surface area contributed by atoms with Gasteiger partial charge in [0.25, 0.3) is 0 Å². The molecule has 0 fully saturated rings. The normalized spacial score (nSPS) is 13.2. The molecule has 0 saturated carbocycles. The second-order valence-electron chi connectivity index (χ2n) is 7.50. The molecule has 0 aliphatic heterocycles. The van der Waals surface area contributed by atoms with Gasteiger partial charge in [-0.2, -0.15) is 5.10 Å². The fourth-order valence-corrected chi connectivity index (χ4v) is 2.41. The first-order chi connectivity index (χ1) is 10.6. The number of aromatic nitrogens is 2. The average Bonchev–Trinajstić information content (AvgIpc) is 2.70. The van der Waals surface area contributed by atoms with E-state index in [0.29, 0.717) is 12.5 Å². The van der Waals surface area contributed by atoms with Crippen LogP contribution in [0.1, 0.15) is 58.0 Å². The zero-order valence-electron chi connectivity index (χ0n) is 15.5. The Kier molecular flexibility index (Phi) is 7.06. The SMILES string of the molecule is Cc1n[nH]c(C)c1CNC(CNC(=O)OC(C)(C)C)CC(C)C. The minimum absolute atomic E-state index is 0.191. The smallest absolute Gasteiger partial charge is 0.407 e. The maximum absolute atomic E-state index is 11.8. The zero-order valence-corrected chi connectivity index (χ0v) is 15.5. The van der Waals surface area contributed by atoms with Crippen LogP contribution in [0.15, 0.2) is 0 Å². The fraction of sp³-hybridized carbons (Fsp3) is 0.765. The molecular weight excluding hydrogens is 292 g/mol. The summed E-state index contributed by atoms with van der Waals surface area (Å²) in [5.41, 5.74) is 2.81. The summed E-state index contributed by atoms with van der Waals surface area (Å²) in [5.74, 6) is 0.541. The monoisotopic (exact) mass is 324 g/mol. The van der Waals surface area contributed by atoms with E-state index in [9.17, 15) is 4.79 Å². The van der Waals surface area contributed by atoms with E-state index in [1.165, 1.54) is 5.56 Å². The van der Waals surface area contributed by atoms with Gasteiger partial charge in [0, 0.05) is 30.4 Å². The predicted molar refractivity (Wildman–Crippen MR) is 92.4 cm³/mol. The number of nitrogens with zero attached hydrogens (tertiary/aromatic N) is 1. The molecule has 0 saturated heterocycles. The molecule has 0 radical (unpaired) electrons. The van der Waals surface area contributed by atoms with Crippen molar-refractivity contribution >= 4 is 6.09 Å². The van der Waals surface area contributed by atoms with Crippen LogP contribution in [0.5, 0.6) is 0 Å². The molecule has 1 rings (SSSR count). The molecule has 6 nitrogen and oxygen atoms in total. The highest BCUT2D eigenvalue weighted by Gasteiger charge is 2.18. The van der Waals surface area contributed by atoms with Crippen molar-refractivity contribution in [2.24, 2.45) is 5.92 Å². The van der Waals surface area contributed by atoms with Gasteiger partial charge >= 0.3 is 6.09 Å². The molecule has 3 N–H and O–H groups in total. The van der Waals surface area contributed by atoms with Gasteiger partial charge in [0.15, 0.2) is 0 Å². The zero-order chi connectivity index (χ0) is 17.6. The number of hydrogen-bond donors (Lipinski definition) is 3. The number of carbonyl (C=O) groups excluding carboxylic acids is 1. The lowest BCUT2D eigenvalue weighted by Crippen LogP contribution is -2.43. The Morgan fingerprint density at radius 3 is 2.43 bits per heavy atom. The van der Waals surface area contributed by atoms with Gasteiger partial charge in [-0.15, -0.1) is 0 Å². The molecule has 1 amide bonds. The van der Waals surface area contributed by atoms with E-state index in [4.69, 9.17) is 4.74 Å². The molecule has 0 aromatic carbocycles. The Morgan fingerprint density at radius 1 is 1.30 bits per heavy atom. The van der Waals surface area contributed by atoms with Crippen molar-refractivity contribution < 1.29 is 9.53 Å². The van der Waals surface area contributed by atoms with E-state index < -0.39 is 5.60 Å². The average molecular weight is 324 g/mol. The van der Waals surface area contributed by atoms with Gasteiger partial charge in [0.1, 0.15) is 5.60 Å². The van der Waals surface area contributed by atoms with Gasteiger partial charge in [-0.3, -0.25) is 5.10 Å². The van der Waals surface area contributed by atoms with Crippen LogP contribution in [-0.4, -0.2) is 34.5 Å². The lowest BCUT2D eigenvalue weighted by Gasteiger charge is -2.24. The van der Waals surface area contributed by atoms with E-state index >= 15 is 0 Å². The molecule has 0 aliphatic carbocycles. The lowest BCUT2D eigenvalue weighted by atomic mass is 10.0. The summed E-state index contributed by atoms with van der Waals surface area (Å²) < 4.78 is 5.29. The third-order valence-electron chi connectivity index (χ3n) is 3.50. The fourth-order valence-electron chi connectivity index (χ4n) is 2.41. The van der Waals surface area contributed by atoms with Crippen LogP contribution < -0.4 is 10.6 Å². The highest BCUT2D eigenvalue weighted by Crippen LogP contribution is 2.11. The molecule has 1 aromatic heterocycles. The van der Waals surface area contributed by atoms with Gasteiger partial charge in [-0.05, 0) is 47.0 Å². The number of alkyl carbamates (subject to hydrolysis) is 1. The Labute approximate surface area is 139 Å². The van der Waals surface area contributed by atoms with Crippen molar-refractivity contribution in [3.05, 3.63) is 17.0 Å². The van der Waals surface area contributed by atoms with Crippen LogP contribution in [0.2, 0.25) is 0 Å². The Bertz CT molecular complexity index is 484. The Hall–Kier alpha value is -1.56. The molecule has 6 heteroatoms. The Balaban J connectivity index is 2.54. The minimum atomic E-state index is -0.476. The van der Waals surface area contributed by atoms with Gasteiger partial charge < -0.3 is 15.4 Å². The number of rotatable bonds is 7. The van der Waals surface area contributed by atoms with Crippen molar-refractivity contribution in [1.82, 2.24) is 20.8 Å². The van der Waals surface area contributed by atoms with Crippen molar-refractivity contribution in [2.45, 2.75) is 73.1 Å². The van der Waals surface area contributed by atoms with Gasteiger partial charge in [0.2, 0.25) is 0 Å². The van der Waals surface area contributed by atoms with E-state index in [1.54, 1.807) is 0 Å². The first-order valence-electron chi connectivity index (χ1n) is 8.29. The van der Waals surface area contributed by atoms with Crippen molar-refractivity contribution in [1.29, 1.82) is 0 Å². The van der Waals surface area contributed by atoms with Crippen molar-refractivity contribution in [3.63, 3.8) is 0 Å². The second-order valence-corrected chi connectivity index (χ2v) is 7.50. The van der Waals surface area contributed by atoms with Crippen LogP contribution in [0.3, 0.4) is 0 Å². The number of nitrogens with one attached hydrogen (secondary N) is 3. The van der Waals surface area contributed by atoms with E-state index in [2.05, 4.69) is 34.7 Å². The summed E-state index contributed by atoms with van der Waals surface area (Å²) in [6.07, 6.45) is 0.606. The highest BCUT2D eigenvalue weighted by molar-refractivity contribution is 5.67. The standard InChI is InChI=1S/C17H32N4O2/c1-11(2)8-14(9-19-16(22)23-17(5,6)7)18-10-15-12(3)20-21-13(15)4/h11,14,18H,8-10H2,1-7H3,(H,19,22)(H,20,21). The molecule has 1 atom stereocenters. The van der Waals surface area contributed by atoms with E-state index in [-0.39, 0.29) is 12.1 Å². The van der Waals surface area contributed by atoms with Crippen LogP contribution in [-0.2, 0) is 11.3 Å². The molecule has 1 heterocycles. The second kappa shape index (κ2) is 8.34. The van der Waals surface area contributed by atoms with Gasteiger partial charge in [-0.1, -0.05) is 13.8 Å². The number of ether oxygens (including phenoxy) is 1. The topological polar surface area (TPSA) is 79.0 Å². The molecule has 1 aromatic rings. The largest absolute Gasteiger partial charge is 0.444 e. The molecular formula is C17H32N4O2. The van der Waals surface area contributed by atoms with Crippen LogP contribution in [0.25, 0.3) is 0 Å². The quantitative estimate of drug-likeness (QED) is 0.720. The summed E-state index contributed by atoms with van der Waals surface area (Å²) in [7, 11) is 0. The number of amides is 1. The van der Waals surface area contributed by atoms with E-state index in [1.807, 2.05) is 34.6 Å². The Morgan fingerprint density at radius 2 is 1.96 bits per heavy atom. The maximum Gasteiger partial charge on any atom is 0.407 e. The summed E-state index contributed by atoms with van der Waals surface area (Å²) in [5, 5.41) is 13.6. The summed E-state index contributed by atoms with van der Waals surface area (Å²) >= 11 is 0. The number of H-pyrrole nitrogens is 1. The number of hydrogen-bond acceptors (Lipinski definition) is 4. The summed E-state index contributed by atoms with van der Waals surface area (Å²) in [4.78, 5) is 11.8. The third-order valence-corrected chi connectivity index (χ3v) is 3.50. The molecule has 0 spiro atoms. The van der Waals surface area contributed by atoms with Crippen LogP contribution >= 0.6 is 0 Å². The van der Waals surface area contributed by atoms with Crippen molar-refractivity contribution in [2.75, 3.05) is 6.54 Å². The molecule has 0 aliphatic rings. The summed E-state index contributed by atoms with van der Waals surface area (Å²) in [6.45, 7) is 15.2. The third kappa shape index (κ3) is 7.50. The van der Waals surface area contributed by atoms with Gasteiger partial charge in [0.05, 0.1) is 5.69 Å². The predicted octanol–water partition coefficient (Wildman–Crippen LogP) is 3.06. The lowest BCUT2D eigenvalue weighted by molar-refractivity contribution is 0.0520. The minimum Gasteiger partial charge on any atom is -0.444 e. The van der Waals surface area contributed by atoms with Crippen LogP contribution in [0, 0.1) is 19.8 Å². The molecule has 132 valence electrons. The number of carbonyl (C=O) groups is 1. The van der Waals surface area contributed by atoms with Crippen molar-refractivity contribution in [3.8, 4) is 0 Å². The van der Waals surface area contributed by atoms with Gasteiger partial charge in [-0.25, -0.2) is 4.79 Å². The summed E-state index contributed by atoms with van der Waals surface area (Å²) in [6, 6.07) is 0.191. The molecule has 23 heavy (non-hydrogen) atoms. The number of aromatic amines is 1. The molecule has 0 bridgehead atoms. The first-order valence-corrected chi connectivity index (χ1v) is 8.29. The first kappa shape index (κ1) is 19.5. The van der Waals surface area contributed by atoms with E-state index in [0.717, 1.165) is 24.4 Å². The molecule has 1 unspecified atom stereocenters. The number of aryl methyl sites for hydroxylation is 2. The van der Waals surface area contributed by atoms with Crippen LogP contribution in [0.4, 0.5) is 4.79 Å². The maximum atomic E-state index is 11.8. The highest BCUT2D eigenvalue weighted by atomic mass is 16.6.